The van der Waals surface area contributed by atoms with Crippen LogP contribution in [-0.2, 0) is 0 Å². The minimum atomic E-state index is 0. The van der Waals surface area contributed by atoms with Gasteiger partial charge in [-0.05, 0) is 30.5 Å². The monoisotopic (exact) mass is 167 g/mol. The number of aromatic nitrogens is 1. The van der Waals surface area contributed by atoms with Crippen LogP contribution < -0.4 is 0 Å². The molecule has 0 unspecified atom stereocenters. The first kappa shape index (κ1) is 8.15. The van der Waals surface area contributed by atoms with Crippen LogP contribution >= 0.6 is 12.4 Å². The van der Waals surface area contributed by atoms with Gasteiger partial charge < -0.3 is 4.98 Å². The Morgan fingerprint density at radius 1 is 1.18 bits per heavy atom. The first-order valence-corrected chi connectivity index (χ1v) is 3.40. The molecule has 1 N–H and O–H groups in total. The Morgan fingerprint density at radius 2 is 2.00 bits per heavy atom. The average Bonchev–Trinajstić information content (AvgIpc) is 2.33. The first-order valence-electron chi connectivity index (χ1n) is 3.40. The number of rotatable bonds is 0. The Balaban J connectivity index is 0.000000605. The van der Waals surface area contributed by atoms with Gasteiger partial charge in [0.2, 0.25) is 0 Å². The lowest BCUT2D eigenvalue weighted by atomic mass is 10.2. The summed E-state index contributed by atoms with van der Waals surface area (Å²) in [6, 6.07) is 8.47. The Hall–Kier alpha value is -0.950. The van der Waals surface area contributed by atoms with Crippen LogP contribution in [-0.4, -0.2) is 4.98 Å². The van der Waals surface area contributed by atoms with Crippen molar-refractivity contribution in [1.29, 1.82) is 0 Å². The zero-order valence-corrected chi connectivity index (χ0v) is 7.11. The van der Waals surface area contributed by atoms with Crippen LogP contribution in [0.25, 0.3) is 10.9 Å². The van der Waals surface area contributed by atoms with Crippen molar-refractivity contribution in [3.8, 4) is 0 Å². The fraction of sp³-hybridized carbons (Fsp3) is 0.111. The molecule has 0 aliphatic carbocycles. The van der Waals surface area contributed by atoms with Crippen LogP contribution in [0.2, 0.25) is 0 Å². The molecule has 11 heavy (non-hydrogen) atoms. The minimum Gasteiger partial charge on any atom is -0.361 e. The second kappa shape index (κ2) is 2.97. The summed E-state index contributed by atoms with van der Waals surface area (Å²) in [7, 11) is 0. The molecule has 2 rings (SSSR count). The molecular weight excluding hydrogens is 158 g/mol. The van der Waals surface area contributed by atoms with E-state index in [0.717, 1.165) is 0 Å². The van der Waals surface area contributed by atoms with Crippen LogP contribution in [0.1, 0.15) is 5.56 Å². The maximum atomic E-state index is 3.15. The van der Waals surface area contributed by atoms with Gasteiger partial charge in [0, 0.05) is 11.7 Å². The summed E-state index contributed by atoms with van der Waals surface area (Å²) in [6.45, 7) is 2.10. The largest absolute Gasteiger partial charge is 0.361 e. The van der Waals surface area contributed by atoms with E-state index in [4.69, 9.17) is 0 Å². The number of nitrogens with one attached hydrogen (secondary N) is 1. The quantitative estimate of drug-likeness (QED) is 0.621. The second-order valence-electron chi connectivity index (χ2n) is 2.57. The number of aryl methyl sites for hydroxylation is 1. The van der Waals surface area contributed by atoms with Crippen molar-refractivity contribution in [3.05, 3.63) is 36.0 Å². The number of benzene rings is 1. The van der Waals surface area contributed by atoms with Crippen LogP contribution in [0.4, 0.5) is 0 Å². The topological polar surface area (TPSA) is 15.8 Å². The van der Waals surface area contributed by atoms with Gasteiger partial charge in [0.1, 0.15) is 0 Å². The van der Waals surface area contributed by atoms with Gasteiger partial charge in [-0.15, -0.1) is 12.4 Å². The van der Waals surface area contributed by atoms with Crippen molar-refractivity contribution in [1.82, 2.24) is 4.98 Å². The molecule has 0 amide bonds. The molecular formula is C9H10ClN. The van der Waals surface area contributed by atoms with Gasteiger partial charge in [-0.3, -0.25) is 0 Å². The Kier molecular flexibility index (Phi) is 2.20. The van der Waals surface area contributed by atoms with Gasteiger partial charge in [-0.1, -0.05) is 11.6 Å². The van der Waals surface area contributed by atoms with Gasteiger partial charge in [0.15, 0.2) is 0 Å². The van der Waals surface area contributed by atoms with Crippen LogP contribution in [0.5, 0.6) is 0 Å². The van der Waals surface area contributed by atoms with Crippen molar-refractivity contribution in [3.63, 3.8) is 0 Å². The maximum Gasteiger partial charge on any atom is 0.0454 e. The van der Waals surface area contributed by atoms with Gasteiger partial charge in [0.25, 0.3) is 0 Å². The van der Waals surface area contributed by atoms with E-state index < -0.39 is 0 Å². The smallest absolute Gasteiger partial charge is 0.0454 e. The maximum absolute atomic E-state index is 3.15. The van der Waals surface area contributed by atoms with Crippen molar-refractivity contribution in [2.75, 3.05) is 0 Å². The number of fused-ring (bicyclic) bond motifs is 1. The molecule has 0 aliphatic rings. The number of hydrogen-bond donors (Lipinski definition) is 1. The Morgan fingerprint density at radius 3 is 2.82 bits per heavy atom. The molecule has 0 fully saturated rings. The van der Waals surface area contributed by atoms with Gasteiger partial charge in [-0.25, -0.2) is 0 Å². The van der Waals surface area contributed by atoms with E-state index in [-0.39, 0.29) is 12.4 Å². The molecule has 0 aliphatic heterocycles. The lowest BCUT2D eigenvalue weighted by Crippen LogP contribution is -1.69. The highest BCUT2D eigenvalue weighted by molar-refractivity contribution is 5.85. The molecule has 1 aromatic carbocycles. The van der Waals surface area contributed by atoms with E-state index in [1.54, 1.807) is 0 Å². The summed E-state index contributed by atoms with van der Waals surface area (Å²) in [5.74, 6) is 0. The predicted molar refractivity (Wildman–Crippen MR) is 50.3 cm³/mol. The fourth-order valence-electron chi connectivity index (χ4n) is 1.17. The van der Waals surface area contributed by atoms with Crippen molar-refractivity contribution >= 4 is 23.3 Å². The van der Waals surface area contributed by atoms with Crippen LogP contribution in [0.15, 0.2) is 30.5 Å². The third-order valence-electron chi connectivity index (χ3n) is 1.71. The number of H-pyrrole nitrogens is 1. The van der Waals surface area contributed by atoms with E-state index in [1.165, 1.54) is 16.5 Å². The minimum absolute atomic E-state index is 0. The lowest BCUT2D eigenvalue weighted by molar-refractivity contribution is 1.46. The third-order valence-corrected chi connectivity index (χ3v) is 1.71. The molecule has 0 radical (unpaired) electrons. The highest BCUT2D eigenvalue weighted by Gasteiger charge is 1.90. The molecule has 2 heteroatoms. The van der Waals surface area contributed by atoms with E-state index in [1.807, 2.05) is 6.20 Å². The van der Waals surface area contributed by atoms with Crippen LogP contribution in [0.3, 0.4) is 0 Å². The summed E-state index contributed by atoms with van der Waals surface area (Å²) < 4.78 is 0. The molecule has 0 bridgehead atoms. The van der Waals surface area contributed by atoms with Gasteiger partial charge in [0.05, 0.1) is 0 Å². The Labute approximate surface area is 71.8 Å². The van der Waals surface area contributed by atoms with E-state index in [9.17, 15) is 0 Å². The number of aromatic amines is 1. The molecule has 0 spiro atoms. The zero-order valence-electron chi connectivity index (χ0n) is 6.29. The van der Waals surface area contributed by atoms with E-state index in [0.29, 0.717) is 0 Å². The predicted octanol–water partition coefficient (Wildman–Crippen LogP) is 2.90. The summed E-state index contributed by atoms with van der Waals surface area (Å²) in [5.41, 5.74) is 2.53. The molecule has 58 valence electrons. The molecule has 0 atom stereocenters. The molecule has 0 saturated carbocycles. The third kappa shape index (κ3) is 1.38. The first-order chi connectivity index (χ1) is 4.86. The number of hydrogen-bond acceptors (Lipinski definition) is 0. The zero-order chi connectivity index (χ0) is 6.97. The van der Waals surface area contributed by atoms with Gasteiger partial charge in [-0.2, -0.15) is 0 Å². The standard InChI is InChI=1S/C9H9N.ClH/c1-7-2-3-9-8(6-7)4-5-10-9;/h2-6,10H,1H3;1H. The van der Waals surface area contributed by atoms with Crippen molar-refractivity contribution < 1.29 is 0 Å². The SMILES string of the molecule is Cc1ccc2[nH]ccc2c1.Cl. The Bertz CT molecular complexity index is 351. The van der Waals surface area contributed by atoms with Crippen molar-refractivity contribution in [2.24, 2.45) is 0 Å². The average molecular weight is 168 g/mol. The molecule has 1 heterocycles. The highest BCUT2D eigenvalue weighted by atomic mass is 35.5. The van der Waals surface area contributed by atoms with Crippen LogP contribution in [0, 0.1) is 6.92 Å². The molecule has 0 saturated heterocycles. The van der Waals surface area contributed by atoms with Gasteiger partial charge >= 0.3 is 0 Å². The summed E-state index contributed by atoms with van der Waals surface area (Å²) in [5, 5.41) is 1.29. The lowest BCUT2D eigenvalue weighted by Gasteiger charge is -1.90. The summed E-state index contributed by atoms with van der Waals surface area (Å²) >= 11 is 0. The van der Waals surface area contributed by atoms with E-state index in [2.05, 4.69) is 36.2 Å². The summed E-state index contributed by atoms with van der Waals surface area (Å²) in [4.78, 5) is 3.15. The normalized spacial score (nSPS) is 9.55. The second-order valence-corrected chi connectivity index (χ2v) is 2.57. The molecule has 1 aromatic heterocycles. The van der Waals surface area contributed by atoms with E-state index >= 15 is 0 Å². The van der Waals surface area contributed by atoms with Crippen molar-refractivity contribution in [2.45, 2.75) is 6.92 Å². The highest BCUT2D eigenvalue weighted by Crippen LogP contribution is 2.12. The molecule has 2 aromatic rings. The number of halogens is 1. The summed E-state index contributed by atoms with van der Waals surface area (Å²) in [6.07, 6.45) is 1.96. The molecule has 1 nitrogen and oxygen atoms in total. The fourth-order valence-corrected chi connectivity index (χ4v) is 1.17.